The minimum Gasteiger partial charge on any atom is -0.480 e. The van der Waals surface area contributed by atoms with Crippen molar-refractivity contribution in [3.8, 4) is 0 Å². The van der Waals surface area contributed by atoms with E-state index in [0.29, 0.717) is 12.3 Å². The molecular weight excluding hydrogens is 372 g/mol. The Balaban J connectivity index is 1.53. The highest BCUT2D eigenvalue weighted by Gasteiger charge is 2.69. The van der Waals surface area contributed by atoms with Crippen molar-refractivity contribution in [3.05, 3.63) is 0 Å². The van der Waals surface area contributed by atoms with Crippen LogP contribution in [0.1, 0.15) is 46.5 Å². The number of carbonyl (C=O) groups excluding carboxylic acids is 1. The van der Waals surface area contributed by atoms with E-state index < -0.39 is 49.1 Å². The van der Waals surface area contributed by atoms with Crippen molar-refractivity contribution in [2.75, 3.05) is 13.2 Å². The number of hydrogen-bond donors (Lipinski definition) is 1. The van der Waals surface area contributed by atoms with Gasteiger partial charge >= 0.3 is 11.9 Å². The zero-order valence-corrected chi connectivity index (χ0v) is 16.4. The van der Waals surface area contributed by atoms with Crippen LogP contribution in [0, 0.1) is 23.7 Å². The van der Waals surface area contributed by atoms with E-state index in [1.807, 2.05) is 13.8 Å². The summed E-state index contributed by atoms with van der Waals surface area (Å²) in [5, 5.41) is 8.61. The summed E-state index contributed by atoms with van der Waals surface area (Å²) in [6, 6.07) is 0. The van der Waals surface area contributed by atoms with Gasteiger partial charge in [0.1, 0.15) is 13.2 Å². The van der Waals surface area contributed by atoms with Gasteiger partial charge in [0.25, 0.3) is 0 Å². The van der Waals surface area contributed by atoms with Gasteiger partial charge in [-0.25, -0.2) is 19.4 Å². The molecule has 5 rings (SSSR count). The monoisotopic (exact) mass is 400 g/mol. The fourth-order valence-electron chi connectivity index (χ4n) is 5.39. The molecule has 1 aliphatic carbocycles. The number of aliphatic carboxylic acids is 1. The van der Waals surface area contributed by atoms with Gasteiger partial charge in [0.15, 0.2) is 11.9 Å². The maximum Gasteiger partial charge on any atom is 0.334 e. The van der Waals surface area contributed by atoms with Crippen LogP contribution in [-0.2, 0) is 38.3 Å². The van der Waals surface area contributed by atoms with Crippen molar-refractivity contribution in [1.29, 1.82) is 0 Å². The normalized spacial score (nSPS) is 47.1. The summed E-state index contributed by atoms with van der Waals surface area (Å²) in [7, 11) is 0. The highest BCUT2D eigenvalue weighted by molar-refractivity contribution is 5.72. The molecule has 5 aliphatic rings. The van der Waals surface area contributed by atoms with Gasteiger partial charge in [-0.05, 0) is 38.0 Å². The van der Waals surface area contributed by atoms with E-state index in [9.17, 15) is 9.59 Å². The zero-order valence-electron chi connectivity index (χ0n) is 16.4. The quantitative estimate of drug-likeness (QED) is 0.546. The number of rotatable bonds is 5. The summed E-state index contributed by atoms with van der Waals surface area (Å²) >= 11 is 0. The first-order chi connectivity index (χ1) is 13.2. The molecule has 2 unspecified atom stereocenters. The molecule has 1 saturated carbocycles. The topological polar surface area (TPSA) is 110 Å². The van der Waals surface area contributed by atoms with Gasteiger partial charge < -0.3 is 24.1 Å². The predicted molar refractivity (Wildman–Crippen MR) is 91.4 cm³/mol. The molecule has 2 bridgehead atoms. The molecule has 9 heteroatoms. The number of carboxylic acid groups (broad SMARTS) is 1. The molecule has 4 saturated heterocycles. The second-order valence-electron chi connectivity index (χ2n) is 8.65. The van der Waals surface area contributed by atoms with E-state index in [1.54, 1.807) is 0 Å². The summed E-state index contributed by atoms with van der Waals surface area (Å²) in [4.78, 5) is 34.4. The molecule has 1 spiro atoms. The van der Waals surface area contributed by atoms with Crippen LogP contribution in [0.15, 0.2) is 0 Å². The average molecular weight is 400 g/mol. The maximum absolute atomic E-state index is 12.1. The Kier molecular flexibility index (Phi) is 5.16. The van der Waals surface area contributed by atoms with Crippen molar-refractivity contribution in [2.45, 2.75) is 70.4 Å². The van der Waals surface area contributed by atoms with Crippen LogP contribution >= 0.6 is 0 Å². The number of hydrogen-bond acceptors (Lipinski definition) is 8. The van der Waals surface area contributed by atoms with Gasteiger partial charge in [-0.3, -0.25) is 0 Å². The van der Waals surface area contributed by atoms with E-state index in [1.165, 1.54) is 0 Å². The van der Waals surface area contributed by atoms with Crippen molar-refractivity contribution < 1.29 is 43.4 Å². The van der Waals surface area contributed by atoms with Crippen LogP contribution in [0.4, 0.5) is 0 Å². The van der Waals surface area contributed by atoms with Crippen molar-refractivity contribution in [1.82, 2.24) is 0 Å². The van der Waals surface area contributed by atoms with Crippen LogP contribution in [0.5, 0.6) is 0 Å². The molecule has 158 valence electrons. The summed E-state index contributed by atoms with van der Waals surface area (Å²) in [5.74, 6) is -2.11. The third kappa shape index (κ3) is 3.23. The Hall–Kier alpha value is -1.26. The number of ether oxygens (including phenoxy) is 4. The molecule has 4 heterocycles. The van der Waals surface area contributed by atoms with Crippen molar-refractivity contribution in [3.63, 3.8) is 0 Å². The third-order valence-corrected chi connectivity index (χ3v) is 6.79. The molecule has 1 N–H and O–H groups in total. The van der Waals surface area contributed by atoms with E-state index in [-0.39, 0.29) is 17.8 Å². The molecule has 28 heavy (non-hydrogen) atoms. The lowest BCUT2D eigenvalue weighted by molar-refractivity contribution is -0.576. The first-order valence-electron chi connectivity index (χ1n) is 9.94. The molecule has 0 aromatic heterocycles. The molecule has 5 fully saturated rings. The second-order valence-corrected chi connectivity index (χ2v) is 8.65. The van der Waals surface area contributed by atoms with Gasteiger partial charge in [0.2, 0.25) is 12.1 Å². The molecule has 0 radical (unpaired) electrons. The van der Waals surface area contributed by atoms with Crippen LogP contribution < -0.4 is 0 Å². The molecule has 0 aromatic carbocycles. The van der Waals surface area contributed by atoms with Crippen molar-refractivity contribution in [2.24, 2.45) is 23.7 Å². The Bertz CT molecular complexity index is 639. The summed E-state index contributed by atoms with van der Waals surface area (Å²) in [5.41, 5.74) is -0.712. The predicted octanol–water partition coefficient (Wildman–Crippen LogP) is 1.84. The Labute approximate surface area is 163 Å². The molecule has 9 nitrogen and oxygen atoms in total. The SMILES string of the molecule is C[C@H]1C(OC(=O)COCC(=O)O)O[C@@H]2O[C@]3(C)CC[C@H]4[C@H](C)CCC1[C@@]24OO3. The minimum absolute atomic E-state index is 0.0489. The second kappa shape index (κ2) is 7.21. The summed E-state index contributed by atoms with van der Waals surface area (Å²) in [6.07, 6.45) is 2.07. The summed E-state index contributed by atoms with van der Waals surface area (Å²) in [6.45, 7) is 5.03. The van der Waals surface area contributed by atoms with Gasteiger partial charge in [-0.15, -0.1) is 0 Å². The van der Waals surface area contributed by atoms with Gasteiger partial charge in [0, 0.05) is 18.3 Å². The van der Waals surface area contributed by atoms with E-state index >= 15 is 0 Å². The Morgan fingerprint density at radius 1 is 1.11 bits per heavy atom. The molecule has 0 aromatic rings. The van der Waals surface area contributed by atoms with Crippen molar-refractivity contribution >= 4 is 11.9 Å². The fraction of sp³-hybridized carbons (Fsp3) is 0.895. The average Bonchev–Trinajstić information content (AvgIpc) is 2.85. The van der Waals surface area contributed by atoms with Crippen LogP contribution in [0.25, 0.3) is 0 Å². The Morgan fingerprint density at radius 2 is 1.89 bits per heavy atom. The number of esters is 1. The van der Waals surface area contributed by atoms with Gasteiger partial charge in [-0.1, -0.05) is 13.8 Å². The number of carboxylic acids is 1. The summed E-state index contributed by atoms with van der Waals surface area (Å²) < 4.78 is 22.6. The van der Waals surface area contributed by atoms with E-state index in [2.05, 4.69) is 6.92 Å². The van der Waals surface area contributed by atoms with Crippen LogP contribution in [0.3, 0.4) is 0 Å². The highest BCUT2D eigenvalue weighted by atomic mass is 17.3. The highest BCUT2D eigenvalue weighted by Crippen LogP contribution is 2.60. The lowest BCUT2D eigenvalue weighted by Crippen LogP contribution is -2.70. The van der Waals surface area contributed by atoms with E-state index in [0.717, 1.165) is 19.3 Å². The van der Waals surface area contributed by atoms with E-state index in [4.69, 9.17) is 33.8 Å². The lowest BCUT2D eigenvalue weighted by Gasteiger charge is -2.59. The van der Waals surface area contributed by atoms with Gasteiger partial charge in [-0.2, -0.15) is 0 Å². The molecule has 0 amide bonds. The molecular formula is C19H28O9. The molecule has 4 aliphatic heterocycles. The third-order valence-electron chi connectivity index (χ3n) is 6.79. The van der Waals surface area contributed by atoms with Crippen LogP contribution in [0.2, 0.25) is 0 Å². The maximum atomic E-state index is 12.1. The zero-order chi connectivity index (χ0) is 20.1. The lowest BCUT2D eigenvalue weighted by atomic mass is 9.58. The smallest absolute Gasteiger partial charge is 0.334 e. The van der Waals surface area contributed by atoms with Crippen LogP contribution in [-0.4, -0.2) is 54.2 Å². The largest absolute Gasteiger partial charge is 0.480 e. The first-order valence-corrected chi connectivity index (χ1v) is 9.94. The fourth-order valence-corrected chi connectivity index (χ4v) is 5.39. The molecule has 8 atom stereocenters. The van der Waals surface area contributed by atoms with Gasteiger partial charge in [0.05, 0.1) is 0 Å². The number of carbonyl (C=O) groups is 2. The minimum atomic E-state index is -1.15. The number of fused-ring (bicyclic) bond motifs is 2. The first kappa shape index (κ1) is 20.0. The Morgan fingerprint density at radius 3 is 2.64 bits per heavy atom. The standard InChI is InChI=1S/C19H28O9/c1-10-4-5-13-11(2)16(24-15(22)9-23-8-14(20)21)25-17-19(13)12(10)6-7-18(3,26-17)27-28-19/h10-13,16-17H,4-9H2,1-3H3,(H,20,21)/t10-,11-,12+,13?,16?,17-,18+,19-/m1/s1.